The number of ether oxygens (including phenoxy) is 1. The van der Waals surface area contributed by atoms with Crippen molar-refractivity contribution in [2.45, 2.75) is 96.2 Å². The van der Waals surface area contributed by atoms with E-state index < -0.39 is 5.97 Å². The highest BCUT2D eigenvalue weighted by molar-refractivity contribution is 5.80. The van der Waals surface area contributed by atoms with Crippen molar-refractivity contribution in [3.63, 3.8) is 0 Å². The van der Waals surface area contributed by atoms with E-state index in [9.17, 15) is 4.79 Å². The van der Waals surface area contributed by atoms with Crippen LogP contribution in [0.3, 0.4) is 0 Å². The normalized spacial score (nSPS) is 20.6. The Hall–Kier alpha value is -1.09. The first-order chi connectivity index (χ1) is 11.2. The van der Waals surface area contributed by atoms with Gasteiger partial charge in [-0.25, -0.2) is 4.79 Å². The molecule has 132 valence electrons. The van der Waals surface area contributed by atoms with E-state index in [1.165, 1.54) is 70.6 Å². The minimum atomic E-state index is -0.890. The van der Waals surface area contributed by atoms with Crippen LogP contribution >= 0.6 is 0 Å². The molecule has 0 aromatic heterocycles. The maximum absolute atomic E-state index is 10.3. The number of hydrogen-bond donors (Lipinski definition) is 1. The van der Waals surface area contributed by atoms with Gasteiger partial charge in [-0.3, -0.25) is 0 Å². The van der Waals surface area contributed by atoms with E-state index >= 15 is 0 Å². The monoisotopic (exact) mass is 322 g/mol. The van der Waals surface area contributed by atoms with Gasteiger partial charge in [-0.1, -0.05) is 76.5 Å². The molecule has 0 amide bonds. The van der Waals surface area contributed by atoms with Gasteiger partial charge < -0.3 is 9.84 Å². The fourth-order valence-corrected chi connectivity index (χ4v) is 2.91. The first kappa shape index (κ1) is 20.0. The highest BCUT2D eigenvalue weighted by Crippen LogP contribution is 2.31. The van der Waals surface area contributed by atoms with Gasteiger partial charge in [0.15, 0.2) is 0 Å². The molecule has 0 aromatic carbocycles. The second-order valence-electron chi connectivity index (χ2n) is 6.53. The van der Waals surface area contributed by atoms with E-state index in [0.717, 1.165) is 12.5 Å². The summed E-state index contributed by atoms with van der Waals surface area (Å²) in [4.78, 5) is 10.3. The number of rotatable bonds is 15. The number of epoxide rings is 1. The molecule has 1 fully saturated rings. The van der Waals surface area contributed by atoms with Crippen LogP contribution < -0.4 is 0 Å². The molecule has 1 aliphatic rings. The van der Waals surface area contributed by atoms with Crippen LogP contribution in [-0.2, 0) is 9.53 Å². The third-order valence-electron chi connectivity index (χ3n) is 4.38. The molecule has 0 bridgehead atoms. The van der Waals surface area contributed by atoms with Gasteiger partial charge >= 0.3 is 5.97 Å². The first-order valence-corrected chi connectivity index (χ1v) is 9.45. The summed E-state index contributed by atoms with van der Waals surface area (Å²) in [6.45, 7) is 2.25. The lowest BCUT2D eigenvalue weighted by Crippen LogP contribution is -1.94. The smallest absolute Gasteiger partial charge is 0.328 e. The van der Waals surface area contributed by atoms with Crippen LogP contribution in [0.5, 0.6) is 0 Å². The Morgan fingerprint density at radius 2 is 1.52 bits per heavy atom. The molecule has 0 aliphatic carbocycles. The van der Waals surface area contributed by atoms with Crippen LogP contribution in [0.15, 0.2) is 24.3 Å². The quantitative estimate of drug-likeness (QED) is 0.183. The lowest BCUT2D eigenvalue weighted by Gasteiger charge is -2.00. The van der Waals surface area contributed by atoms with Crippen LogP contribution in [0.4, 0.5) is 0 Å². The molecule has 0 saturated carbocycles. The number of hydrogen-bond acceptors (Lipinski definition) is 2. The second kappa shape index (κ2) is 13.4. The van der Waals surface area contributed by atoms with Crippen LogP contribution in [0, 0.1) is 0 Å². The Balaban J connectivity index is 1.78. The van der Waals surface area contributed by atoms with E-state index in [1.54, 1.807) is 6.08 Å². The van der Waals surface area contributed by atoms with Crippen molar-refractivity contribution in [2.75, 3.05) is 0 Å². The van der Waals surface area contributed by atoms with Gasteiger partial charge in [0.05, 0.1) is 12.2 Å². The molecular formula is C20H34O3. The molecule has 0 aromatic rings. The van der Waals surface area contributed by atoms with Crippen molar-refractivity contribution in [2.24, 2.45) is 0 Å². The molecule has 1 N–H and O–H groups in total. The van der Waals surface area contributed by atoms with Crippen LogP contribution in [-0.4, -0.2) is 23.3 Å². The van der Waals surface area contributed by atoms with Gasteiger partial charge in [0.1, 0.15) is 0 Å². The van der Waals surface area contributed by atoms with Crippen LogP contribution in [0.1, 0.15) is 84.0 Å². The highest BCUT2D eigenvalue weighted by atomic mass is 16.6. The van der Waals surface area contributed by atoms with Gasteiger partial charge in [0.2, 0.25) is 0 Å². The standard InChI is InChI=1S/C20H34O3/c1-2-3-12-15-18-19(23-18)16-13-10-8-6-4-5-7-9-11-14-17-20(21)22/h9,11,14,17-19H,2-8,10,12-13,15-16H2,1H3,(H,21,22). The predicted octanol–water partition coefficient (Wildman–Crippen LogP) is 5.65. The van der Waals surface area contributed by atoms with E-state index in [1.807, 2.05) is 12.2 Å². The average Bonchev–Trinajstić information content (AvgIpc) is 3.27. The zero-order valence-electron chi connectivity index (χ0n) is 14.7. The first-order valence-electron chi connectivity index (χ1n) is 9.45. The zero-order chi connectivity index (χ0) is 16.8. The summed E-state index contributed by atoms with van der Waals surface area (Å²) in [5.74, 6) is -0.890. The van der Waals surface area contributed by atoms with Crippen molar-refractivity contribution in [1.29, 1.82) is 0 Å². The van der Waals surface area contributed by atoms with Gasteiger partial charge in [0, 0.05) is 6.08 Å². The summed E-state index contributed by atoms with van der Waals surface area (Å²) < 4.78 is 5.72. The maximum atomic E-state index is 10.3. The Kier molecular flexibility index (Phi) is 11.6. The summed E-state index contributed by atoms with van der Waals surface area (Å²) in [6, 6.07) is 0. The lowest BCUT2D eigenvalue weighted by molar-refractivity contribution is -0.131. The van der Waals surface area contributed by atoms with Crippen molar-refractivity contribution in [3.05, 3.63) is 24.3 Å². The summed E-state index contributed by atoms with van der Waals surface area (Å²) in [5.41, 5.74) is 0. The fraction of sp³-hybridized carbons (Fsp3) is 0.750. The number of unbranched alkanes of at least 4 members (excludes halogenated alkanes) is 8. The number of allylic oxidation sites excluding steroid dienone is 3. The highest BCUT2D eigenvalue weighted by Gasteiger charge is 2.36. The van der Waals surface area contributed by atoms with Crippen molar-refractivity contribution < 1.29 is 14.6 Å². The van der Waals surface area contributed by atoms with Gasteiger partial charge in [-0.05, 0) is 25.7 Å². The summed E-state index contributed by atoms with van der Waals surface area (Å²) in [7, 11) is 0. The molecule has 2 atom stereocenters. The SMILES string of the molecule is CCCCCC1OC1CCCCCCCCC=CC=CC(=O)O. The molecule has 1 heterocycles. The third-order valence-corrected chi connectivity index (χ3v) is 4.38. The maximum Gasteiger partial charge on any atom is 0.328 e. The molecule has 1 aliphatic heterocycles. The Labute approximate surface area is 141 Å². The second-order valence-corrected chi connectivity index (χ2v) is 6.53. The fourth-order valence-electron chi connectivity index (χ4n) is 2.91. The van der Waals surface area contributed by atoms with E-state index in [4.69, 9.17) is 9.84 Å². The summed E-state index contributed by atoms with van der Waals surface area (Å²) >= 11 is 0. The predicted molar refractivity (Wildman–Crippen MR) is 95.7 cm³/mol. The summed E-state index contributed by atoms with van der Waals surface area (Å²) in [6.07, 6.45) is 23.1. The number of carboxylic acids is 1. The third kappa shape index (κ3) is 12.1. The molecule has 2 unspecified atom stereocenters. The van der Waals surface area contributed by atoms with E-state index in [-0.39, 0.29) is 0 Å². The minimum absolute atomic E-state index is 0.579. The molecule has 3 nitrogen and oxygen atoms in total. The van der Waals surface area contributed by atoms with E-state index in [2.05, 4.69) is 6.92 Å². The van der Waals surface area contributed by atoms with Gasteiger partial charge in [0.25, 0.3) is 0 Å². The van der Waals surface area contributed by atoms with E-state index in [0.29, 0.717) is 12.2 Å². The molecule has 0 radical (unpaired) electrons. The average molecular weight is 322 g/mol. The largest absolute Gasteiger partial charge is 0.478 e. The number of carboxylic acid groups (broad SMARTS) is 1. The molecular weight excluding hydrogens is 288 g/mol. The zero-order valence-corrected chi connectivity index (χ0v) is 14.7. The van der Waals surface area contributed by atoms with Crippen molar-refractivity contribution in [1.82, 2.24) is 0 Å². The van der Waals surface area contributed by atoms with Crippen LogP contribution in [0.25, 0.3) is 0 Å². The van der Waals surface area contributed by atoms with Gasteiger partial charge in [-0.15, -0.1) is 0 Å². The Morgan fingerprint density at radius 1 is 0.913 bits per heavy atom. The molecule has 23 heavy (non-hydrogen) atoms. The minimum Gasteiger partial charge on any atom is -0.478 e. The van der Waals surface area contributed by atoms with Crippen molar-refractivity contribution in [3.8, 4) is 0 Å². The molecule has 0 spiro atoms. The Morgan fingerprint density at radius 3 is 2.17 bits per heavy atom. The number of aliphatic carboxylic acids is 1. The Bertz CT molecular complexity index is 360. The topological polar surface area (TPSA) is 49.8 Å². The number of carbonyl (C=O) groups is 1. The molecule has 1 rings (SSSR count). The van der Waals surface area contributed by atoms with Crippen LogP contribution in [0.2, 0.25) is 0 Å². The lowest BCUT2D eigenvalue weighted by atomic mass is 10.0. The summed E-state index contributed by atoms with van der Waals surface area (Å²) in [5, 5.41) is 8.43. The van der Waals surface area contributed by atoms with Crippen molar-refractivity contribution >= 4 is 5.97 Å². The molecule has 3 heteroatoms. The molecule has 1 saturated heterocycles. The van der Waals surface area contributed by atoms with Gasteiger partial charge in [-0.2, -0.15) is 0 Å².